The Balaban J connectivity index is 2.61. The van der Waals surface area contributed by atoms with Gasteiger partial charge in [-0.3, -0.25) is 4.68 Å². The second-order valence-corrected chi connectivity index (χ2v) is 6.71. The van der Waals surface area contributed by atoms with E-state index < -0.39 is 0 Å². The molecule has 0 amide bonds. The van der Waals surface area contributed by atoms with E-state index in [1.54, 1.807) is 0 Å². The number of halogens is 1. The van der Waals surface area contributed by atoms with E-state index in [4.69, 9.17) is 11.6 Å². The molecule has 18 heavy (non-hydrogen) atoms. The molecule has 1 rings (SSSR count). The van der Waals surface area contributed by atoms with Gasteiger partial charge in [0.25, 0.3) is 0 Å². The number of aryl methyl sites for hydroxylation is 1. The van der Waals surface area contributed by atoms with Gasteiger partial charge in [0, 0.05) is 13.1 Å². The van der Waals surface area contributed by atoms with Crippen molar-refractivity contribution in [3.8, 4) is 0 Å². The van der Waals surface area contributed by atoms with Crippen LogP contribution in [-0.4, -0.2) is 22.9 Å². The zero-order valence-corrected chi connectivity index (χ0v) is 13.2. The van der Waals surface area contributed by atoms with Gasteiger partial charge in [0.1, 0.15) is 0 Å². The minimum Gasteiger partial charge on any atom is -0.316 e. The predicted molar refractivity (Wildman–Crippen MR) is 78.2 cm³/mol. The lowest BCUT2D eigenvalue weighted by molar-refractivity contribution is 0.269. The number of hydrogen-bond acceptors (Lipinski definition) is 2. The average molecular weight is 272 g/mol. The van der Waals surface area contributed by atoms with Crippen molar-refractivity contribution in [2.45, 2.75) is 48.1 Å². The van der Waals surface area contributed by atoms with Crippen molar-refractivity contribution in [3.05, 3.63) is 16.4 Å². The van der Waals surface area contributed by atoms with Gasteiger partial charge in [-0.2, -0.15) is 5.10 Å². The van der Waals surface area contributed by atoms with Crippen LogP contribution >= 0.6 is 11.6 Å². The van der Waals surface area contributed by atoms with Gasteiger partial charge in [0.15, 0.2) is 0 Å². The summed E-state index contributed by atoms with van der Waals surface area (Å²) < 4.78 is 2.02. The molecule has 1 aromatic rings. The van der Waals surface area contributed by atoms with E-state index in [-0.39, 0.29) is 5.41 Å². The number of nitrogens with one attached hydrogen (secondary N) is 1. The molecule has 1 aromatic heterocycles. The summed E-state index contributed by atoms with van der Waals surface area (Å²) in [4.78, 5) is 0. The van der Waals surface area contributed by atoms with Crippen LogP contribution in [0.5, 0.6) is 0 Å². The SMILES string of the molecule is Cc1nn(CC(C)(C)CNCC(C)C)c(C)c1Cl. The Morgan fingerprint density at radius 1 is 1.33 bits per heavy atom. The van der Waals surface area contributed by atoms with Gasteiger partial charge in [0.05, 0.1) is 16.4 Å². The summed E-state index contributed by atoms with van der Waals surface area (Å²) >= 11 is 6.17. The summed E-state index contributed by atoms with van der Waals surface area (Å²) in [6.45, 7) is 15.9. The number of hydrogen-bond donors (Lipinski definition) is 1. The maximum absolute atomic E-state index is 6.17. The van der Waals surface area contributed by atoms with Crippen molar-refractivity contribution in [1.82, 2.24) is 15.1 Å². The fourth-order valence-corrected chi connectivity index (χ4v) is 2.12. The number of aromatic nitrogens is 2. The van der Waals surface area contributed by atoms with Crippen LogP contribution in [-0.2, 0) is 6.54 Å². The van der Waals surface area contributed by atoms with Crippen molar-refractivity contribution in [2.24, 2.45) is 11.3 Å². The van der Waals surface area contributed by atoms with Crippen LogP contribution in [0.3, 0.4) is 0 Å². The zero-order chi connectivity index (χ0) is 13.9. The molecule has 0 aromatic carbocycles. The van der Waals surface area contributed by atoms with E-state index in [0.29, 0.717) is 5.92 Å². The highest BCUT2D eigenvalue weighted by atomic mass is 35.5. The number of nitrogens with zero attached hydrogens (tertiary/aromatic N) is 2. The molecular formula is C14H26ClN3. The molecule has 0 saturated carbocycles. The van der Waals surface area contributed by atoms with Gasteiger partial charge in [-0.15, -0.1) is 0 Å². The molecule has 104 valence electrons. The van der Waals surface area contributed by atoms with E-state index in [2.05, 4.69) is 38.1 Å². The highest BCUT2D eigenvalue weighted by Gasteiger charge is 2.21. The van der Waals surface area contributed by atoms with Crippen LogP contribution in [0.4, 0.5) is 0 Å². The van der Waals surface area contributed by atoms with Crippen LogP contribution in [0.1, 0.15) is 39.1 Å². The predicted octanol–water partition coefficient (Wildman–Crippen LogP) is 3.43. The maximum atomic E-state index is 6.17. The maximum Gasteiger partial charge on any atom is 0.0844 e. The summed E-state index contributed by atoms with van der Waals surface area (Å²) in [6.07, 6.45) is 0. The lowest BCUT2D eigenvalue weighted by Gasteiger charge is -2.26. The fourth-order valence-electron chi connectivity index (χ4n) is 1.99. The fraction of sp³-hybridized carbons (Fsp3) is 0.786. The Bertz CT molecular complexity index is 394. The van der Waals surface area contributed by atoms with Gasteiger partial charge >= 0.3 is 0 Å². The van der Waals surface area contributed by atoms with Crippen LogP contribution < -0.4 is 5.32 Å². The molecule has 4 heteroatoms. The first-order chi connectivity index (χ1) is 8.23. The smallest absolute Gasteiger partial charge is 0.0844 e. The molecule has 0 aliphatic heterocycles. The topological polar surface area (TPSA) is 29.9 Å². The van der Waals surface area contributed by atoms with Gasteiger partial charge in [-0.05, 0) is 31.7 Å². The third kappa shape index (κ3) is 4.29. The lowest BCUT2D eigenvalue weighted by atomic mass is 9.93. The Morgan fingerprint density at radius 3 is 2.39 bits per heavy atom. The third-order valence-electron chi connectivity index (χ3n) is 3.03. The first-order valence-electron chi connectivity index (χ1n) is 6.63. The van der Waals surface area contributed by atoms with Crippen LogP contribution in [0.25, 0.3) is 0 Å². The van der Waals surface area contributed by atoms with Gasteiger partial charge in [-0.1, -0.05) is 39.3 Å². The highest BCUT2D eigenvalue weighted by molar-refractivity contribution is 6.31. The van der Waals surface area contributed by atoms with Crippen LogP contribution in [0.15, 0.2) is 0 Å². The first-order valence-corrected chi connectivity index (χ1v) is 7.01. The minimum absolute atomic E-state index is 0.168. The molecule has 0 aliphatic carbocycles. The standard InChI is InChI=1S/C14H26ClN3/c1-10(2)7-16-8-14(5,6)9-18-12(4)13(15)11(3)17-18/h10,16H,7-9H2,1-6H3. The molecule has 0 aliphatic rings. The lowest BCUT2D eigenvalue weighted by Crippen LogP contribution is -2.35. The summed E-state index contributed by atoms with van der Waals surface area (Å²) in [5.74, 6) is 0.684. The molecule has 0 spiro atoms. The summed E-state index contributed by atoms with van der Waals surface area (Å²) in [6, 6.07) is 0. The van der Waals surface area contributed by atoms with Crippen molar-refractivity contribution in [3.63, 3.8) is 0 Å². The minimum atomic E-state index is 0.168. The molecule has 0 atom stereocenters. The molecule has 0 bridgehead atoms. The second-order valence-electron chi connectivity index (χ2n) is 6.33. The van der Waals surface area contributed by atoms with Gasteiger partial charge in [0.2, 0.25) is 0 Å². The Morgan fingerprint density at radius 2 is 1.94 bits per heavy atom. The van der Waals surface area contributed by atoms with Crippen molar-refractivity contribution in [2.75, 3.05) is 13.1 Å². The second kappa shape index (κ2) is 6.07. The van der Waals surface area contributed by atoms with Gasteiger partial charge < -0.3 is 5.32 Å². The molecular weight excluding hydrogens is 246 g/mol. The van der Waals surface area contributed by atoms with E-state index in [1.807, 2.05) is 18.5 Å². The third-order valence-corrected chi connectivity index (χ3v) is 3.57. The quantitative estimate of drug-likeness (QED) is 0.859. The van der Waals surface area contributed by atoms with Crippen molar-refractivity contribution >= 4 is 11.6 Å². The van der Waals surface area contributed by atoms with E-state index in [0.717, 1.165) is 36.0 Å². The monoisotopic (exact) mass is 271 g/mol. The summed E-state index contributed by atoms with van der Waals surface area (Å²) in [5, 5.41) is 8.80. The number of rotatable bonds is 6. The largest absolute Gasteiger partial charge is 0.316 e. The average Bonchev–Trinajstić information content (AvgIpc) is 2.45. The molecule has 3 nitrogen and oxygen atoms in total. The van der Waals surface area contributed by atoms with E-state index in [1.165, 1.54) is 0 Å². The molecule has 0 fully saturated rings. The first kappa shape index (κ1) is 15.5. The van der Waals surface area contributed by atoms with Crippen LogP contribution in [0.2, 0.25) is 5.02 Å². The van der Waals surface area contributed by atoms with E-state index >= 15 is 0 Å². The molecule has 1 heterocycles. The van der Waals surface area contributed by atoms with E-state index in [9.17, 15) is 0 Å². The zero-order valence-electron chi connectivity index (χ0n) is 12.5. The van der Waals surface area contributed by atoms with Crippen LogP contribution in [0, 0.1) is 25.2 Å². The summed E-state index contributed by atoms with van der Waals surface area (Å²) in [5.41, 5.74) is 2.15. The highest BCUT2D eigenvalue weighted by Crippen LogP contribution is 2.23. The Hall–Kier alpha value is -0.540. The van der Waals surface area contributed by atoms with Crippen molar-refractivity contribution < 1.29 is 0 Å². The molecule has 0 unspecified atom stereocenters. The molecule has 0 radical (unpaired) electrons. The van der Waals surface area contributed by atoms with Gasteiger partial charge in [-0.25, -0.2) is 0 Å². The normalized spacial score (nSPS) is 12.4. The molecule has 0 saturated heterocycles. The molecule has 1 N–H and O–H groups in total. The van der Waals surface area contributed by atoms with Crippen molar-refractivity contribution in [1.29, 1.82) is 0 Å². The summed E-state index contributed by atoms with van der Waals surface area (Å²) in [7, 11) is 0. The Labute approximate surface area is 116 Å². The Kier molecular flexibility index (Phi) is 5.23.